The van der Waals surface area contributed by atoms with Crippen LogP contribution in [0.5, 0.6) is 0 Å². The van der Waals surface area contributed by atoms with Gasteiger partial charge in [-0.15, -0.1) is 6.58 Å². The summed E-state index contributed by atoms with van der Waals surface area (Å²) in [6, 6.07) is 0.694. The van der Waals surface area contributed by atoms with E-state index in [2.05, 4.69) is 39.6 Å². The lowest BCUT2D eigenvalue weighted by Gasteiger charge is -2.35. The van der Waals surface area contributed by atoms with E-state index >= 15 is 0 Å². The first-order valence-corrected chi connectivity index (χ1v) is 6.85. The molecule has 0 aliphatic heterocycles. The molecule has 1 fully saturated rings. The quantitative estimate of drug-likeness (QED) is 0.667. The van der Waals surface area contributed by atoms with Gasteiger partial charge in [0.2, 0.25) is 0 Å². The van der Waals surface area contributed by atoms with Crippen LogP contribution >= 0.6 is 0 Å². The van der Waals surface area contributed by atoms with Gasteiger partial charge in [0.05, 0.1) is 0 Å². The third kappa shape index (κ3) is 3.62. The van der Waals surface area contributed by atoms with Crippen molar-refractivity contribution in [1.29, 1.82) is 0 Å². The predicted molar refractivity (Wildman–Crippen MR) is 72.6 cm³/mol. The zero-order valence-electron chi connectivity index (χ0n) is 11.6. The number of allylic oxidation sites excluding steroid dienone is 1. The highest BCUT2D eigenvalue weighted by atomic mass is 14.9. The normalized spacial score (nSPS) is 25.6. The second kappa shape index (κ2) is 5.86. The molecule has 0 aromatic heterocycles. The lowest BCUT2D eigenvalue weighted by Crippen LogP contribution is -2.40. The third-order valence-electron chi connectivity index (χ3n) is 4.17. The molecular weight excluding hydrogens is 194 g/mol. The molecule has 0 saturated heterocycles. The maximum Gasteiger partial charge on any atom is 0.0103 e. The van der Waals surface area contributed by atoms with Crippen LogP contribution in [-0.2, 0) is 0 Å². The van der Waals surface area contributed by atoms with E-state index in [1.807, 2.05) is 0 Å². The maximum absolute atomic E-state index is 4.02. The Hall–Kier alpha value is -0.300. The van der Waals surface area contributed by atoms with Crippen LogP contribution in [0.2, 0.25) is 0 Å². The van der Waals surface area contributed by atoms with Crippen molar-refractivity contribution >= 4 is 0 Å². The zero-order valence-corrected chi connectivity index (χ0v) is 11.6. The average molecular weight is 223 g/mol. The van der Waals surface area contributed by atoms with Gasteiger partial charge in [-0.2, -0.15) is 0 Å². The number of rotatable bonds is 6. The van der Waals surface area contributed by atoms with Crippen LogP contribution in [-0.4, -0.2) is 12.6 Å². The fourth-order valence-corrected chi connectivity index (χ4v) is 3.21. The highest BCUT2D eigenvalue weighted by Crippen LogP contribution is 2.45. The van der Waals surface area contributed by atoms with Crippen LogP contribution in [0.3, 0.4) is 0 Å². The molecule has 0 radical (unpaired) electrons. The van der Waals surface area contributed by atoms with Gasteiger partial charge in [0, 0.05) is 6.04 Å². The van der Waals surface area contributed by atoms with E-state index in [-0.39, 0.29) is 0 Å². The minimum absolute atomic E-state index is 0.530. The smallest absolute Gasteiger partial charge is 0.0103 e. The van der Waals surface area contributed by atoms with Crippen molar-refractivity contribution in [2.75, 3.05) is 6.54 Å². The molecule has 1 nitrogen and oxygen atoms in total. The van der Waals surface area contributed by atoms with Crippen LogP contribution in [0.1, 0.15) is 59.8 Å². The summed E-state index contributed by atoms with van der Waals surface area (Å²) in [4.78, 5) is 0. The van der Waals surface area contributed by atoms with Crippen molar-refractivity contribution in [1.82, 2.24) is 5.32 Å². The Morgan fingerprint density at radius 1 is 1.50 bits per heavy atom. The van der Waals surface area contributed by atoms with E-state index in [0.29, 0.717) is 11.5 Å². The van der Waals surface area contributed by atoms with Gasteiger partial charge in [-0.3, -0.25) is 0 Å². The van der Waals surface area contributed by atoms with Crippen LogP contribution in [0.4, 0.5) is 0 Å². The van der Waals surface area contributed by atoms with Crippen LogP contribution in [0, 0.1) is 11.3 Å². The van der Waals surface area contributed by atoms with Gasteiger partial charge >= 0.3 is 0 Å². The second-order valence-electron chi connectivity index (χ2n) is 6.15. The van der Waals surface area contributed by atoms with Crippen LogP contribution in [0.25, 0.3) is 0 Å². The van der Waals surface area contributed by atoms with E-state index in [0.717, 1.165) is 12.5 Å². The molecule has 1 saturated carbocycles. The molecule has 1 aliphatic carbocycles. The minimum Gasteiger partial charge on any atom is -0.314 e. The molecule has 0 aromatic carbocycles. The fourth-order valence-electron chi connectivity index (χ4n) is 3.21. The Morgan fingerprint density at radius 2 is 2.19 bits per heavy atom. The largest absolute Gasteiger partial charge is 0.314 e. The van der Waals surface area contributed by atoms with E-state index in [4.69, 9.17) is 0 Å². The molecule has 0 heterocycles. The van der Waals surface area contributed by atoms with Gasteiger partial charge in [-0.1, -0.05) is 32.8 Å². The SMILES string of the molecule is C=C(C)CCC(NCC)C1CCCC1(C)C. The van der Waals surface area contributed by atoms with E-state index in [1.54, 1.807) is 0 Å². The zero-order chi connectivity index (χ0) is 12.2. The molecule has 16 heavy (non-hydrogen) atoms. The summed E-state index contributed by atoms with van der Waals surface area (Å²) in [6.07, 6.45) is 6.64. The van der Waals surface area contributed by atoms with Gasteiger partial charge in [-0.05, 0) is 50.5 Å². The molecule has 2 atom stereocenters. The number of nitrogens with one attached hydrogen (secondary N) is 1. The van der Waals surface area contributed by atoms with Gasteiger partial charge in [0.25, 0.3) is 0 Å². The molecule has 1 N–H and O–H groups in total. The van der Waals surface area contributed by atoms with Gasteiger partial charge < -0.3 is 5.32 Å². The van der Waals surface area contributed by atoms with Crippen molar-refractivity contribution in [2.45, 2.75) is 65.8 Å². The summed E-state index contributed by atoms with van der Waals surface area (Å²) in [5.74, 6) is 0.854. The summed E-state index contributed by atoms with van der Waals surface area (Å²) in [5, 5.41) is 3.69. The predicted octanol–water partition coefficient (Wildman–Crippen LogP) is 4.15. The van der Waals surface area contributed by atoms with Crippen LogP contribution in [0.15, 0.2) is 12.2 Å². The van der Waals surface area contributed by atoms with Crippen molar-refractivity contribution < 1.29 is 0 Å². The average Bonchev–Trinajstić information content (AvgIpc) is 2.52. The van der Waals surface area contributed by atoms with Gasteiger partial charge in [0.15, 0.2) is 0 Å². The third-order valence-corrected chi connectivity index (χ3v) is 4.17. The van der Waals surface area contributed by atoms with Gasteiger partial charge in [-0.25, -0.2) is 0 Å². The first-order chi connectivity index (χ1) is 7.47. The van der Waals surface area contributed by atoms with Crippen molar-refractivity contribution in [2.24, 2.45) is 11.3 Å². The Labute approximate surface area is 102 Å². The van der Waals surface area contributed by atoms with Crippen LogP contribution < -0.4 is 5.32 Å². The van der Waals surface area contributed by atoms with E-state index in [9.17, 15) is 0 Å². The Balaban J connectivity index is 2.58. The molecule has 0 aromatic rings. The monoisotopic (exact) mass is 223 g/mol. The molecule has 0 bridgehead atoms. The Morgan fingerprint density at radius 3 is 2.62 bits per heavy atom. The second-order valence-corrected chi connectivity index (χ2v) is 6.15. The molecule has 1 heteroatoms. The summed E-state index contributed by atoms with van der Waals surface area (Å²) >= 11 is 0. The van der Waals surface area contributed by atoms with E-state index in [1.165, 1.54) is 37.7 Å². The summed E-state index contributed by atoms with van der Waals surface area (Å²) in [7, 11) is 0. The summed E-state index contributed by atoms with van der Waals surface area (Å²) < 4.78 is 0. The molecule has 0 spiro atoms. The van der Waals surface area contributed by atoms with Gasteiger partial charge in [0.1, 0.15) is 0 Å². The standard InChI is InChI=1S/C15H29N/c1-6-16-14(10-9-12(2)3)13-8-7-11-15(13,4)5/h13-14,16H,2,6-11H2,1,3-5H3. The highest BCUT2D eigenvalue weighted by Gasteiger charge is 2.38. The van der Waals surface area contributed by atoms with Crippen molar-refractivity contribution in [3.8, 4) is 0 Å². The molecule has 2 unspecified atom stereocenters. The summed E-state index contributed by atoms with van der Waals surface area (Å²) in [5.41, 5.74) is 1.85. The van der Waals surface area contributed by atoms with Crippen molar-refractivity contribution in [3.63, 3.8) is 0 Å². The first kappa shape index (κ1) is 13.8. The fraction of sp³-hybridized carbons (Fsp3) is 0.867. The number of hydrogen-bond acceptors (Lipinski definition) is 1. The maximum atomic E-state index is 4.02. The highest BCUT2D eigenvalue weighted by molar-refractivity contribution is 4.95. The molecule has 0 amide bonds. The first-order valence-electron chi connectivity index (χ1n) is 6.85. The molecule has 1 aliphatic rings. The number of hydrogen-bond donors (Lipinski definition) is 1. The Kier molecular flexibility index (Phi) is 5.04. The van der Waals surface area contributed by atoms with Crippen molar-refractivity contribution in [3.05, 3.63) is 12.2 Å². The lowest BCUT2D eigenvalue weighted by atomic mass is 9.76. The summed E-state index contributed by atoms with van der Waals surface area (Å²) in [6.45, 7) is 14.4. The molecule has 1 rings (SSSR count). The molecular formula is C15H29N. The lowest BCUT2D eigenvalue weighted by molar-refractivity contribution is 0.191. The molecule has 94 valence electrons. The Bertz CT molecular complexity index is 230. The topological polar surface area (TPSA) is 12.0 Å². The van der Waals surface area contributed by atoms with E-state index < -0.39 is 0 Å². The minimum atomic E-state index is 0.530.